The van der Waals surface area contributed by atoms with Crippen LogP contribution in [0.25, 0.3) is 0 Å². The van der Waals surface area contributed by atoms with Crippen LogP contribution in [0.1, 0.15) is 75.3 Å². The molecule has 0 spiro atoms. The molecule has 4 N–H and O–H groups in total. The Morgan fingerprint density at radius 2 is 1.74 bits per heavy atom. The highest BCUT2D eigenvalue weighted by Crippen LogP contribution is 2.16. The third-order valence-corrected chi connectivity index (χ3v) is 6.54. The minimum absolute atomic E-state index is 0.0401. The molecular formula is C29H47BN6O3. The van der Waals surface area contributed by atoms with E-state index in [1.807, 2.05) is 49.2 Å². The van der Waals surface area contributed by atoms with Crippen LogP contribution in [0, 0.1) is 5.92 Å². The number of hydrogen-bond donors (Lipinski definition) is 3. The third kappa shape index (κ3) is 12.3. The molecule has 1 aromatic carbocycles. The number of aromatic nitrogens is 2. The van der Waals surface area contributed by atoms with E-state index in [9.17, 15) is 9.59 Å². The monoisotopic (exact) mass is 538 g/mol. The number of nitrogens with zero attached hydrogens (tertiary/aromatic N) is 3. The Balaban J connectivity index is 2.18. The van der Waals surface area contributed by atoms with Gasteiger partial charge in [-0.3, -0.25) is 14.6 Å². The fourth-order valence-electron chi connectivity index (χ4n) is 4.56. The van der Waals surface area contributed by atoms with Gasteiger partial charge in [0.15, 0.2) is 0 Å². The molecule has 2 aromatic rings. The number of amides is 2. The summed E-state index contributed by atoms with van der Waals surface area (Å²) in [6, 6.07) is 8.86. The Kier molecular flexibility index (Phi) is 14.7. The van der Waals surface area contributed by atoms with Gasteiger partial charge in [-0.05, 0) is 58.3 Å². The van der Waals surface area contributed by atoms with Gasteiger partial charge >= 0.3 is 7.05 Å². The summed E-state index contributed by atoms with van der Waals surface area (Å²) in [6.07, 6.45) is 10.8. The normalized spacial score (nSPS) is 13.6. The van der Waals surface area contributed by atoms with E-state index in [1.54, 1.807) is 0 Å². The van der Waals surface area contributed by atoms with E-state index in [1.165, 1.54) is 18.6 Å². The number of benzene rings is 1. The molecule has 0 aliphatic heterocycles. The minimum Gasteiger partial charge on any atom is -0.418 e. The van der Waals surface area contributed by atoms with Gasteiger partial charge in [0.25, 0.3) is 5.91 Å². The number of carbonyl (C=O) groups is 2. The van der Waals surface area contributed by atoms with Crippen LogP contribution in [0.3, 0.4) is 0 Å². The summed E-state index contributed by atoms with van der Waals surface area (Å²) in [4.78, 5) is 36.8. The second-order valence-electron chi connectivity index (χ2n) is 10.8. The summed E-state index contributed by atoms with van der Waals surface area (Å²) in [5.41, 5.74) is 6.72. The first-order valence-electron chi connectivity index (χ1n) is 14.1. The Morgan fingerprint density at radius 1 is 1.03 bits per heavy atom. The largest absolute Gasteiger partial charge is 0.418 e. The van der Waals surface area contributed by atoms with Crippen LogP contribution in [0.4, 0.5) is 0 Å². The standard InChI is InChI=1S/C29H47BN6O3/c1-22(2)19-27(30(36(4)5)39-23(3)13-9-6-7-12-16-31)35-28(37)25(20-24-14-10-8-11-15-24)34-29(38)26-21-32-17-18-33-26/h8,10-11,14-15,17-18,21-23,25,27H,6-7,9,12-13,16,19-20,31H2,1-5H3,(H,34,38)(H,35,37). The molecule has 3 unspecified atom stereocenters. The molecule has 0 aliphatic carbocycles. The number of unbranched alkanes of at least 4 members (excludes halogenated alkanes) is 3. The lowest BCUT2D eigenvalue weighted by atomic mass is 9.67. The molecule has 2 rings (SSSR count). The SMILES string of the molecule is CC(C)CC(NC(=O)C(Cc1ccccc1)NC(=O)c1cnccn1)B(OC(C)CCCCCCN)N(C)C. The molecule has 0 saturated carbocycles. The zero-order valence-corrected chi connectivity index (χ0v) is 24.3. The van der Waals surface area contributed by atoms with Crippen molar-refractivity contribution in [3.8, 4) is 0 Å². The van der Waals surface area contributed by atoms with Gasteiger partial charge in [0.05, 0.1) is 12.1 Å². The molecule has 0 radical (unpaired) electrons. The maximum absolute atomic E-state index is 13.7. The molecule has 1 heterocycles. The molecule has 3 atom stereocenters. The zero-order valence-electron chi connectivity index (χ0n) is 24.3. The Bertz CT molecular complexity index is 964. The molecule has 39 heavy (non-hydrogen) atoms. The number of nitrogens with two attached hydrogens (primary N) is 1. The van der Waals surface area contributed by atoms with Gasteiger partial charge in [-0.1, -0.05) is 63.4 Å². The molecule has 214 valence electrons. The lowest BCUT2D eigenvalue weighted by Crippen LogP contribution is -2.59. The van der Waals surface area contributed by atoms with Crippen molar-refractivity contribution in [3.05, 3.63) is 60.2 Å². The van der Waals surface area contributed by atoms with Gasteiger partial charge < -0.3 is 25.8 Å². The van der Waals surface area contributed by atoms with Crippen LogP contribution in [0.2, 0.25) is 0 Å². The maximum Gasteiger partial charge on any atom is 0.406 e. The van der Waals surface area contributed by atoms with E-state index in [0.717, 1.165) is 50.6 Å². The maximum atomic E-state index is 13.7. The molecule has 10 heteroatoms. The summed E-state index contributed by atoms with van der Waals surface area (Å²) in [6.45, 7) is 7.08. The number of nitrogens with one attached hydrogen (secondary N) is 2. The Hall–Kier alpha value is -2.82. The zero-order chi connectivity index (χ0) is 28.6. The van der Waals surface area contributed by atoms with Crippen molar-refractivity contribution in [3.63, 3.8) is 0 Å². The van der Waals surface area contributed by atoms with Gasteiger partial charge in [-0.25, -0.2) is 4.98 Å². The van der Waals surface area contributed by atoms with Gasteiger partial charge in [0.1, 0.15) is 11.7 Å². The van der Waals surface area contributed by atoms with Crippen LogP contribution in [0.5, 0.6) is 0 Å². The van der Waals surface area contributed by atoms with Crippen LogP contribution in [-0.4, -0.2) is 72.4 Å². The van der Waals surface area contributed by atoms with E-state index in [4.69, 9.17) is 10.4 Å². The minimum atomic E-state index is -0.792. The van der Waals surface area contributed by atoms with Crippen molar-refractivity contribution in [1.29, 1.82) is 0 Å². The Labute approximate surface area is 234 Å². The Morgan fingerprint density at radius 3 is 2.36 bits per heavy atom. The van der Waals surface area contributed by atoms with Gasteiger partial charge in [0, 0.05) is 24.9 Å². The first-order valence-corrected chi connectivity index (χ1v) is 14.1. The average molecular weight is 539 g/mol. The van der Waals surface area contributed by atoms with Crippen molar-refractivity contribution in [2.75, 3.05) is 20.6 Å². The van der Waals surface area contributed by atoms with Gasteiger partial charge in [-0.2, -0.15) is 0 Å². The number of rotatable bonds is 18. The second-order valence-corrected chi connectivity index (χ2v) is 10.8. The van der Waals surface area contributed by atoms with Crippen LogP contribution in [0.15, 0.2) is 48.9 Å². The molecule has 9 nitrogen and oxygen atoms in total. The van der Waals surface area contributed by atoms with E-state index in [2.05, 4.69) is 41.4 Å². The summed E-state index contributed by atoms with van der Waals surface area (Å²) in [5.74, 6) is -0.636. The number of carbonyl (C=O) groups excluding carboxylic acids is 2. The van der Waals surface area contributed by atoms with Crippen LogP contribution in [-0.2, 0) is 15.9 Å². The molecule has 0 saturated heterocycles. The fraction of sp³-hybridized carbons (Fsp3) is 0.586. The molecule has 2 amide bonds. The van der Waals surface area contributed by atoms with E-state index < -0.39 is 11.9 Å². The van der Waals surface area contributed by atoms with Crippen molar-refractivity contribution in [1.82, 2.24) is 25.4 Å². The number of hydrogen-bond acceptors (Lipinski definition) is 7. The first kappa shape index (κ1) is 32.4. The van der Waals surface area contributed by atoms with Crippen molar-refractivity contribution < 1.29 is 14.2 Å². The highest BCUT2D eigenvalue weighted by Gasteiger charge is 2.36. The summed E-state index contributed by atoms with van der Waals surface area (Å²) >= 11 is 0. The van der Waals surface area contributed by atoms with Crippen molar-refractivity contribution >= 4 is 18.9 Å². The summed E-state index contributed by atoms with van der Waals surface area (Å²) in [5, 5.41) is 6.10. The molecular weight excluding hydrogens is 491 g/mol. The second kappa shape index (κ2) is 17.7. The van der Waals surface area contributed by atoms with E-state index >= 15 is 0 Å². The highest BCUT2D eigenvalue weighted by atomic mass is 16.5. The fourth-order valence-corrected chi connectivity index (χ4v) is 4.56. The molecule has 0 bridgehead atoms. The smallest absolute Gasteiger partial charge is 0.406 e. The predicted octanol–water partition coefficient (Wildman–Crippen LogP) is 3.25. The molecule has 0 fully saturated rings. The predicted molar refractivity (Wildman–Crippen MR) is 157 cm³/mol. The summed E-state index contributed by atoms with van der Waals surface area (Å²) in [7, 11) is 3.62. The van der Waals surface area contributed by atoms with Gasteiger partial charge in [-0.15, -0.1) is 0 Å². The highest BCUT2D eigenvalue weighted by molar-refractivity contribution is 6.51. The lowest BCUT2D eigenvalue weighted by molar-refractivity contribution is -0.123. The van der Waals surface area contributed by atoms with Crippen LogP contribution >= 0.6 is 0 Å². The molecule has 1 aromatic heterocycles. The first-order chi connectivity index (χ1) is 18.7. The van der Waals surface area contributed by atoms with Crippen molar-refractivity contribution in [2.24, 2.45) is 11.7 Å². The van der Waals surface area contributed by atoms with E-state index in [0.29, 0.717) is 12.3 Å². The topological polar surface area (TPSA) is 122 Å². The third-order valence-electron chi connectivity index (χ3n) is 6.54. The molecule has 0 aliphatic rings. The summed E-state index contributed by atoms with van der Waals surface area (Å²) < 4.78 is 6.51. The average Bonchev–Trinajstić information content (AvgIpc) is 2.91. The van der Waals surface area contributed by atoms with E-state index in [-0.39, 0.29) is 30.7 Å². The van der Waals surface area contributed by atoms with Crippen LogP contribution < -0.4 is 16.4 Å². The quantitative estimate of drug-likeness (QED) is 0.197. The lowest BCUT2D eigenvalue weighted by Gasteiger charge is -2.33. The van der Waals surface area contributed by atoms with Crippen molar-refractivity contribution in [2.45, 2.75) is 83.8 Å². The van der Waals surface area contributed by atoms with Gasteiger partial charge in [0.2, 0.25) is 5.91 Å².